The monoisotopic (exact) mass is 568 g/mol. The minimum atomic E-state index is 0.976. The molecule has 2 aliphatic rings. The standard InChI is InChI=1S/C42H36N2/c1-31-13-3-9-19-39(31)43(40-20-10-4-14-32(40)2)37-18-8-5-15-33(25-28-37)34-26-29-38(30-27-34)44-41-21-11-6-16-35(41)23-24-36-17-7-12-22-42(36)44/h3-4,6-7,9-30H,5,8H2,1-2H3/b28-25?,33-15-,37-18?. The van der Waals surface area contributed by atoms with Gasteiger partial charge in [0.1, 0.15) is 0 Å². The molecule has 0 radical (unpaired) electrons. The van der Waals surface area contributed by atoms with Crippen LogP contribution in [-0.4, -0.2) is 0 Å². The van der Waals surface area contributed by atoms with Crippen molar-refractivity contribution < 1.29 is 0 Å². The van der Waals surface area contributed by atoms with Crippen LogP contribution < -0.4 is 9.80 Å². The van der Waals surface area contributed by atoms with Gasteiger partial charge in [-0.3, -0.25) is 0 Å². The molecular formula is C42H36N2. The number of aryl methyl sites for hydroxylation is 2. The van der Waals surface area contributed by atoms with Gasteiger partial charge in [-0.25, -0.2) is 0 Å². The van der Waals surface area contributed by atoms with Crippen LogP contribution in [0.25, 0.3) is 17.7 Å². The number of rotatable bonds is 5. The van der Waals surface area contributed by atoms with E-state index in [2.05, 4.69) is 181 Å². The number of anilines is 5. The Kier molecular flexibility index (Phi) is 7.56. The highest BCUT2D eigenvalue weighted by molar-refractivity contribution is 5.93. The molecule has 0 amide bonds. The van der Waals surface area contributed by atoms with Crippen molar-refractivity contribution in [3.8, 4) is 0 Å². The molecule has 5 aromatic rings. The third kappa shape index (κ3) is 5.31. The van der Waals surface area contributed by atoms with E-state index in [0.717, 1.165) is 18.5 Å². The molecule has 44 heavy (non-hydrogen) atoms. The van der Waals surface area contributed by atoms with Crippen molar-refractivity contribution in [2.24, 2.45) is 0 Å². The molecule has 5 aromatic carbocycles. The Labute approximate surface area is 261 Å². The lowest BCUT2D eigenvalue weighted by Gasteiger charge is -2.30. The summed E-state index contributed by atoms with van der Waals surface area (Å²) in [7, 11) is 0. The molecule has 2 heteroatoms. The summed E-state index contributed by atoms with van der Waals surface area (Å²) in [6.07, 6.45) is 15.7. The fourth-order valence-corrected chi connectivity index (χ4v) is 6.25. The molecule has 0 saturated carbocycles. The van der Waals surface area contributed by atoms with E-state index in [0.29, 0.717) is 0 Å². The van der Waals surface area contributed by atoms with Crippen LogP contribution in [0.2, 0.25) is 0 Å². The Hall–Kier alpha value is -5.34. The molecule has 7 rings (SSSR count). The van der Waals surface area contributed by atoms with Crippen molar-refractivity contribution in [2.75, 3.05) is 9.80 Å². The van der Waals surface area contributed by atoms with Gasteiger partial charge in [0.2, 0.25) is 0 Å². The van der Waals surface area contributed by atoms with Crippen LogP contribution in [0.1, 0.15) is 40.7 Å². The van der Waals surface area contributed by atoms with Crippen molar-refractivity contribution in [1.29, 1.82) is 0 Å². The lowest BCUT2D eigenvalue weighted by molar-refractivity contribution is 1.02. The first-order valence-electron chi connectivity index (χ1n) is 15.4. The molecule has 0 spiro atoms. The first-order valence-corrected chi connectivity index (χ1v) is 15.4. The summed E-state index contributed by atoms with van der Waals surface area (Å²) >= 11 is 0. The Balaban J connectivity index is 1.23. The van der Waals surface area contributed by atoms with Crippen LogP contribution in [0.15, 0.2) is 151 Å². The Morgan fingerprint density at radius 3 is 1.61 bits per heavy atom. The third-order valence-corrected chi connectivity index (χ3v) is 8.55. The summed E-state index contributed by atoms with van der Waals surface area (Å²) in [5.74, 6) is 0. The van der Waals surface area contributed by atoms with Gasteiger partial charge in [-0.2, -0.15) is 0 Å². The molecule has 0 N–H and O–H groups in total. The topological polar surface area (TPSA) is 6.48 Å². The van der Waals surface area contributed by atoms with E-state index in [4.69, 9.17) is 0 Å². The largest absolute Gasteiger partial charge is 0.310 e. The van der Waals surface area contributed by atoms with E-state index in [-0.39, 0.29) is 0 Å². The second-order valence-electron chi connectivity index (χ2n) is 11.4. The predicted molar refractivity (Wildman–Crippen MR) is 189 cm³/mol. The molecule has 0 atom stereocenters. The Morgan fingerprint density at radius 1 is 0.500 bits per heavy atom. The van der Waals surface area contributed by atoms with Gasteiger partial charge >= 0.3 is 0 Å². The van der Waals surface area contributed by atoms with E-state index in [1.807, 2.05) is 0 Å². The van der Waals surface area contributed by atoms with Crippen LogP contribution in [0.4, 0.5) is 28.4 Å². The number of nitrogens with zero attached hydrogens (tertiary/aromatic N) is 2. The molecule has 0 saturated heterocycles. The maximum Gasteiger partial charge on any atom is 0.0534 e. The summed E-state index contributed by atoms with van der Waals surface area (Å²) in [5.41, 5.74) is 14.5. The van der Waals surface area contributed by atoms with Gasteiger partial charge in [-0.05, 0) is 103 Å². The molecule has 1 aliphatic carbocycles. The van der Waals surface area contributed by atoms with Crippen LogP contribution in [-0.2, 0) is 0 Å². The maximum absolute atomic E-state index is 2.41. The van der Waals surface area contributed by atoms with Gasteiger partial charge in [0.15, 0.2) is 0 Å². The van der Waals surface area contributed by atoms with E-state index < -0.39 is 0 Å². The molecular weight excluding hydrogens is 532 g/mol. The molecule has 0 unspecified atom stereocenters. The highest BCUT2D eigenvalue weighted by Crippen LogP contribution is 2.42. The highest BCUT2D eigenvalue weighted by Gasteiger charge is 2.20. The smallest absolute Gasteiger partial charge is 0.0534 e. The van der Waals surface area contributed by atoms with Crippen LogP contribution in [0.5, 0.6) is 0 Å². The highest BCUT2D eigenvalue weighted by atomic mass is 15.2. The number of para-hydroxylation sites is 4. The molecule has 0 aromatic heterocycles. The summed E-state index contributed by atoms with van der Waals surface area (Å²) in [6.45, 7) is 4.38. The molecule has 1 aliphatic heterocycles. The molecule has 2 nitrogen and oxygen atoms in total. The summed E-state index contributed by atoms with van der Waals surface area (Å²) in [6, 6.07) is 43.6. The first kappa shape index (κ1) is 27.5. The number of allylic oxidation sites excluding steroid dienone is 5. The summed E-state index contributed by atoms with van der Waals surface area (Å²) < 4.78 is 0. The van der Waals surface area contributed by atoms with Gasteiger partial charge in [0.25, 0.3) is 0 Å². The zero-order valence-electron chi connectivity index (χ0n) is 25.3. The van der Waals surface area contributed by atoms with Crippen molar-refractivity contribution in [1.82, 2.24) is 0 Å². The van der Waals surface area contributed by atoms with Gasteiger partial charge in [0.05, 0.1) is 11.4 Å². The zero-order chi connectivity index (χ0) is 29.9. The quantitative estimate of drug-likeness (QED) is 0.204. The minimum Gasteiger partial charge on any atom is -0.310 e. The van der Waals surface area contributed by atoms with Gasteiger partial charge in [0, 0.05) is 22.8 Å². The number of hydrogen-bond donors (Lipinski definition) is 0. The van der Waals surface area contributed by atoms with E-state index in [1.165, 1.54) is 61.8 Å². The van der Waals surface area contributed by atoms with Crippen molar-refractivity contribution in [3.63, 3.8) is 0 Å². The minimum absolute atomic E-state index is 0.976. The molecule has 214 valence electrons. The van der Waals surface area contributed by atoms with Crippen LogP contribution in [0, 0.1) is 13.8 Å². The number of hydrogen-bond acceptors (Lipinski definition) is 2. The number of fused-ring (bicyclic) bond motifs is 2. The number of benzene rings is 5. The lowest BCUT2D eigenvalue weighted by Crippen LogP contribution is -2.17. The van der Waals surface area contributed by atoms with Crippen LogP contribution in [0.3, 0.4) is 0 Å². The summed E-state index contributed by atoms with van der Waals surface area (Å²) in [4.78, 5) is 4.79. The fraction of sp³-hybridized carbons (Fsp3) is 0.0952. The molecule has 0 bridgehead atoms. The zero-order valence-corrected chi connectivity index (χ0v) is 25.3. The maximum atomic E-state index is 2.41. The fourth-order valence-electron chi connectivity index (χ4n) is 6.25. The van der Waals surface area contributed by atoms with E-state index >= 15 is 0 Å². The average molecular weight is 569 g/mol. The predicted octanol–water partition coefficient (Wildman–Crippen LogP) is 11.7. The van der Waals surface area contributed by atoms with Gasteiger partial charge in [-0.15, -0.1) is 0 Å². The van der Waals surface area contributed by atoms with Crippen molar-refractivity contribution in [3.05, 3.63) is 179 Å². The molecule has 1 heterocycles. The van der Waals surface area contributed by atoms with E-state index in [1.54, 1.807) is 0 Å². The van der Waals surface area contributed by atoms with E-state index in [9.17, 15) is 0 Å². The van der Waals surface area contributed by atoms with Crippen LogP contribution >= 0.6 is 0 Å². The van der Waals surface area contributed by atoms with Crippen molar-refractivity contribution >= 4 is 46.2 Å². The van der Waals surface area contributed by atoms with Gasteiger partial charge in [-0.1, -0.05) is 115 Å². The average Bonchev–Trinajstić information content (AvgIpc) is 3.21. The van der Waals surface area contributed by atoms with Gasteiger partial charge < -0.3 is 9.80 Å². The lowest BCUT2D eigenvalue weighted by atomic mass is 9.99. The second kappa shape index (κ2) is 12.1. The summed E-state index contributed by atoms with van der Waals surface area (Å²) in [5, 5.41) is 0. The Bertz CT molecular complexity index is 1840. The van der Waals surface area contributed by atoms with Crippen molar-refractivity contribution in [2.45, 2.75) is 26.7 Å². The normalized spacial score (nSPS) is 15.2. The Morgan fingerprint density at radius 2 is 1.02 bits per heavy atom. The molecule has 0 fully saturated rings. The first-order chi connectivity index (χ1) is 21.7. The second-order valence-corrected chi connectivity index (χ2v) is 11.4. The SMILES string of the molecule is Cc1ccccc1N(C1=CCC/C=C(\c2ccc(N3c4ccccc4C=Cc4ccccc43)cc2)C=C1)c1ccccc1C. The third-order valence-electron chi connectivity index (χ3n) is 8.55.